The Hall–Kier alpha value is -2.35. The van der Waals surface area contributed by atoms with Crippen LogP contribution in [0.3, 0.4) is 0 Å². The average molecular weight is 435 g/mol. The maximum atomic E-state index is 12.4. The summed E-state index contributed by atoms with van der Waals surface area (Å²) in [6.45, 7) is 2.30. The van der Waals surface area contributed by atoms with E-state index in [0.717, 1.165) is 4.70 Å². The Kier molecular flexibility index (Phi) is 5.39. The van der Waals surface area contributed by atoms with E-state index >= 15 is 0 Å². The molecule has 0 unspecified atom stereocenters. The minimum atomic E-state index is -0.283. The molecule has 1 N–H and O–H groups in total. The molecule has 144 valence electrons. The summed E-state index contributed by atoms with van der Waals surface area (Å²) in [7, 11) is 0. The van der Waals surface area contributed by atoms with Gasteiger partial charge in [0.1, 0.15) is 0 Å². The maximum absolute atomic E-state index is 12.4. The molecule has 1 aliphatic rings. The Labute approximate surface area is 175 Å². The van der Waals surface area contributed by atoms with Crippen LogP contribution in [0.15, 0.2) is 47.3 Å². The maximum Gasteiger partial charge on any atom is 0.321 e. The van der Waals surface area contributed by atoms with Gasteiger partial charge in [0.05, 0.1) is 5.39 Å². The van der Waals surface area contributed by atoms with E-state index in [2.05, 4.69) is 10.3 Å². The van der Waals surface area contributed by atoms with Gasteiger partial charge in [0.25, 0.3) is 5.56 Å². The first-order valence-electron chi connectivity index (χ1n) is 8.66. The smallest absolute Gasteiger partial charge is 0.321 e. The van der Waals surface area contributed by atoms with Gasteiger partial charge in [-0.1, -0.05) is 34.5 Å². The average Bonchev–Trinajstić information content (AvgIpc) is 2.70. The molecule has 6 nitrogen and oxygen atoms in total. The predicted molar refractivity (Wildman–Crippen MR) is 115 cm³/mol. The molecule has 4 rings (SSSR count). The van der Waals surface area contributed by atoms with Crippen LogP contribution in [0.4, 0.5) is 15.6 Å². The lowest BCUT2D eigenvalue weighted by Crippen LogP contribution is -2.50. The second-order valence-corrected chi connectivity index (χ2v) is 8.24. The second kappa shape index (κ2) is 7.95. The number of urea groups is 1. The Morgan fingerprint density at radius 2 is 1.68 bits per heavy atom. The second-order valence-electron chi connectivity index (χ2n) is 6.35. The van der Waals surface area contributed by atoms with Gasteiger partial charge < -0.3 is 15.1 Å². The monoisotopic (exact) mass is 434 g/mol. The van der Waals surface area contributed by atoms with Gasteiger partial charge in [-0.15, -0.1) is 0 Å². The normalized spacial score (nSPS) is 14.4. The van der Waals surface area contributed by atoms with E-state index in [1.165, 1.54) is 11.3 Å². The van der Waals surface area contributed by atoms with E-state index in [0.29, 0.717) is 52.4 Å². The van der Waals surface area contributed by atoms with Crippen molar-refractivity contribution < 1.29 is 4.79 Å². The number of carbonyl (C=O) groups is 1. The highest BCUT2D eigenvalue weighted by Crippen LogP contribution is 2.26. The number of nitrogens with one attached hydrogen (secondary N) is 1. The van der Waals surface area contributed by atoms with E-state index in [9.17, 15) is 9.59 Å². The number of rotatable bonds is 2. The zero-order chi connectivity index (χ0) is 19.7. The number of amides is 2. The van der Waals surface area contributed by atoms with E-state index in [-0.39, 0.29) is 11.6 Å². The number of fused-ring (bicyclic) bond motifs is 1. The zero-order valence-corrected chi connectivity index (χ0v) is 17.0. The number of benzene rings is 2. The van der Waals surface area contributed by atoms with E-state index < -0.39 is 0 Å². The van der Waals surface area contributed by atoms with Crippen LogP contribution in [0.25, 0.3) is 10.1 Å². The lowest BCUT2D eigenvalue weighted by atomic mass is 10.3. The van der Waals surface area contributed by atoms with E-state index in [4.69, 9.17) is 23.2 Å². The van der Waals surface area contributed by atoms with Crippen LogP contribution in [0.5, 0.6) is 0 Å². The molecule has 0 aliphatic carbocycles. The number of hydrogen-bond donors (Lipinski definition) is 1. The molecular formula is C19H16Cl2N4O2S. The third-order valence-corrected chi connectivity index (χ3v) is 6.10. The molecule has 9 heteroatoms. The van der Waals surface area contributed by atoms with Crippen molar-refractivity contribution in [3.8, 4) is 0 Å². The standard InChI is InChI=1S/C19H16Cl2N4O2S/c20-12-1-4-14(5-2-12)22-18(27)24-7-9-25(10-8-24)19-23-17(26)15-11-13(21)3-6-16(15)28-19/h1-6,11H,7-10H2,(H,22,27). The van der Waals surface area contributed by atoms with E-state index in [1.807, 2.05) is 11.0 Å². The molecule has 28 heavy (non-hydrogen) atoms. The van der Waals surface area contributed by atoms with Crippen LogP contribution in [0.2, 0.25) is 10.0 Å². The number of hydrogen-bond acceptors (Lipinski definition) is 5. The Balaban J connectivity index is 1.43. The van der Waals surface area contributed by atoms with Crippen LogP contribution in [-0.2, 0) is 0 Å². The Bertz CT molecular complexity index is 1080. The zero-order valence-electron chi connectivity index (χ0n) is 14.7. The first-order valence-corrected chi connectivity index (χ1v) is 10.2. The molecule has 0 bridgehead atoms. The topological polar surface area (TPSA) is 65.5 Å². The predicted octanol–water partition coefficient (Wildman–Crippen LogP) is 4.32. The first kappa shape index (κ1) is 19.0. The van der Waals surface area contributed by atoms with Crippen LogP contribution < -0.4 is 15.8 Å². The van der Waals surface area contributed by atoms with Gasteiger partial charge in [0, 0.05) is 46.6 Å². The minimum Gasteiger partial charge on any atom is -0.344 e. The molecule has 0 spiro atoms. The highest BCUT2D eigenvalue weighted by atomic mass is 35.5. The molecular weight excluding hydrogens is 419 g/mol. The van der Waals surface area contributed by atoms with Crippen LogP contribution in [0, 0.1) is 0 Å². The number of anilines is 2. The summed E-state index contributed by atoms with van der Waals surface area (Å²) >= 11 is 13.3. The summed E-state index contributed by atoms with van der Waals surface area (Å²) in [5.74, 6) is 0. The third-order valence-electron chi connectivity index (χ3n) is 4.50. The lowest BCUT2D eigenvalue weighted by Gasteiger charge is -2.34. The highest BCUT2D eigenvalue weighted by Gasteiger charge is 2.23. The Morgan fingerprint density at radius 3 is 2.39 bits per heavy atom. The summed E-state index contributed by atoms with van der Waals surface area (Å²) in [4.78, 5) is 32.8. The van der Waals surface area contributed by atoms with E-state index in [1.54, 1.807) is 41.3 Å². The van der Waals surface area contributed by atoms with Crippen molar-refractivity contribution in [2.75, 3.05) is 36.4 Å². The van der Waals surface area contributed by atoms with Crippen LogP contribution >= 0.6 is 34.5 Å². The lowest BCUT2D eigenvalue weighted by molar-refractivity contribution is 0.208. The van der Waals surface area contributed by atoms with Crippen molar-refractivity contribution in [1.29, 1.82) is 0 Å². The number of piperazine rings is 1. The number of halogens is 2. The molecule has 0 atom stereocenters. The van der Waals surface area contributed by atoms with Crippen LogP contribution in [-0.4, -0.2) is 42.1 Å². The van der Waals surface area contributed by atoms with Crippen LogP contribution in [0.1, 0.15) is 0 Å². The number of nitrogens with zero attached hydrogens (tertiary/aromatic N) is 3. The molecule has 2 heterocycles. The summed E-state index contributed by atoms with van der Waals surface area (Å²) in [5, 5.41) is 5.20. The van der Waals surface area contributed by atoms with Crippen molar-refractivity contribution in [1.82, 2.24) is 9.88 Å². The van der Waals surface area contributed by atoms with Crippen molar-refractivity contribution in [3.05, 3.63) is 62.9 Å². The fourth-order valence-corrected chi connectivity index (χ4v) is 4.33. The quantitative estimate of drug-likeness (QED) is 0.651. The molecule has 1 fully saturated rings. The van der Waals surface area contributed by atoms with Gasteiger partial charge in [-0.25, -0.2) is 4.79 Å². The largest absolute Gasteiger partial charge is 0.344 e. The molecule has 3 aromatic rings. The SMILES string of the molecule is O=C(Nc1ccc(Cl)cc1)N1CCN(c2nc(=O)c3cc(Cl)ccc3s2)CC1. The van der Waals surface area contributed by atoms with Crippen molar-refractivity contribution >= 4 is 61.5 Å². The fourth-order valence-electron chi connectivity index (χ4n) is 3.00. The molecule has 1 aliphatic heterocycles. The summed E-state index contributed by atoms with van der Waals surface area (Å²) in [5.41, 5.74) is 0.416. The van der Waals surface area contributed by atoms with Gasteiger partial charge in [0.2, 0.25) is 0 Å². The highest BCUT2D eigenvalue weighted by molar-refractivity contribution is 7.21. The van der Waals surface area contributed by atoms with Gasteiger partial charge >= 0.3 is 6.03 Å². The number of carbonyl (C=O) groups excluding carboxylic acids is 1. The van der Waals surface area contributed by atoms with Crippen molar-refractivity contribution in [3.63, 3.8) is 0 Å². The van der Waals surface area contributed by atoms with Gasteiger partial charge in [-0.05, 0) is 42.5 Å². The van der Waals surface area contributed by atoms with Gasteiger partial charge in [-0.3, -0.25) is 4.79 Å². The first-order chi connectivity index (χ1) is 13.5. The van der Waals surface area contributed by atoms with Crippen molar-refractivity contribution in [2.24, 2.45) is 0 Å². The Morgan fingerprint density at radius 1 is 1.00 bits per heavy atom. The molecule has 1 saturated heterocycles. The number of aromatic nitrogens is 1. The minimum absolute atomic E-state index is 0.156. The summed E-state index contributed by atoms with van der Waals surface area (Å²) in [6, 6.07) is 12.1. The summed E-state index contributed by atoms with van der Waals surface area (Å²) < 4.78 is 0.849. The molecule has 2 aromatic carbocycles. The fraction of sp³-hybridized carbons (Fsp3) is 0.211. The van der Waals surface area contributed by atoms with Gasteiger partial charge in [-0.2, -0.15) is 4.98 Å². The molecule has 2 amide bonds. The molecule has 1 aromatic heterocycles. The van der Waals surface area contributed by atoms with Crippen molar-refractivity contribution in [2.45, 2.75) is 0 Å². The molecule has 0 radical (unpaired) electrons. The third kappa shape index (κ3) is 4.06. The summed E-state index contributed by atoms with van der Waals surface area (Å²) in [6.07, 6.45) is 0. The van der Waals surface area contributed by atoms with Gasteiger partial charge in [0.15, 0.2) is 5.13 Å². The molecule has 0 saturated carbocycles.